The molecule has 0 aromatic rings. The first kappa shape index (κ1) is 19.4. The van der Waals surface area contributed by atoms with Gasteiger partial charge in [0, 0.05) is 43.7 Å². The van der Waals surface area contributed by atoms with Crippen molar-refractivity contribution < 1.29 is 37.5 Å². The van der Waals surface area contributed by atoms with E-state index in [1.54, 1.807) is 0 Å². The van der Waals surface area contributed by atoms with Crippen LogP contribution in [0, 0.1) is 18.1 Å². The fourth-order valence-electron chi connectivity index (χ4n) is 0.968. The van der Waals surface area contributed by atoms with Gasteiger partial charge in [0.25, 0.3) is 0 Å². The largest absolute Gasteiger partial charge is 0.492 e. The van der Waals surface area contributed by atoms with Crippen molar-refractivity contribution in [2.24, 2.45) is 5.41 Å². The first-order valence-electron chi connectivity index (χ1n) is 5.63. The molecule has 1 N–H and O–H groups in total. The molecule has 0 fully saturated rings. The Hall–Kier alpha value is 0.0539. The molecule has 0 unspecified atom stereocenters. The number of carbonyl (C=O) groups excluding carboxylic acids is 1. The summed E-state index contributed by atoms with van der Waals surface area (Å²) >= 11 is 0. The minimum atomic E-state index is -0.363. The maximum atomic E-state index is 11.7. The van der Waals surface area contributed by atoms with Gasteiger partial charge < -0.3 is 28.8 Å². The van der Waals surface area contributed by atoms with E-state index in [1.165, 1.54) is 6.08 Å². The van der Waals surface area contributed by atoms with Crippen molar-refractivity contribution in [2.45, 2.75) is 53.5 Å². The Balaban J connectivity index is 0. The summed E-state index contributed by atoms with van der Waals surface area (Å²) in [6, 6.07) is 0. The molecule has 0 heterocycles. The molecule has 0 saturated heterocycles. The molecule has 0 atom stereocenters. The molecule has 2 nitrogen and oxygen atoms in total. The molecule has 0 aliphatic rings. The summed E-state index contributed by atoms with van der Waals surface area (Å²) in [4.78, 5) is 11.7. The zero-order valence-electron chi connectivity index (χ0n) is 11.8. The van der Waals surface area contributed by atoms with Crippen molar-refractivity contribution in [1.29, 1.82) is 0 Å². The Bertz CT molecular complexity index is 298. The molecule has 0 aliphatic heterocycles. The van der Waals surface area contributed by atoms with Crippen molar-refractivity contribution in [1.82, 2.24) is 5.32 Å². The van der Waals surface area contributed by atoms with Crippen LogP contribution in [0.4, 0.5) is 0 Å². The number of ketones is 1. The third-order valence-electron chi connectivity index (χ3n) is 2.38. The second-order valence-corrected chi connectivity index (χ2v) is 5.69. The molecule has 0 spiro atoms. The third kappa shape index (κ3) is 8.73. The minimum absolute atomic E-state index is 0. The molecule has 0 aromatic heterocycles. The van der Waals surface area contributed by atoms with Gasteiger partial charge in [-0.3, -0.25) is 5.70 Å². The Morgan fingerprint density at radius 2 is 1.76 bits per heavy atom. The minimum Gasteiger partial charge on any atom is -0.492 e. The van der Waals surface area contributed by atoms with Crippen LogP contribution in [-0.2, 0) is 37.5 Å². The Morgan fingerprint density at radius 3 is 2.12 bits per heavy atom. The first-order valence-corrected chi connectivity index (χ1v) is 5.63. The molecule has 0 saturated carbocycles. The molecule has 3 heteroatoms. The molecule has 0 amide bonds. The molecular weight excluding hydrogens is 287 g/mol. The monoisotopic (exact) mass is 310 g/mol. The van der Waals surface area contributed by atoms with Crippen molar-refractivity contribution in [2.75, 3.05) is 0 Å². The number of rotatable bonds is 5. The predicted molar refractivity (Wildman–Crippen MR) is 67.6 cm³/mol. The van der Waals surface area contributed by atoms with Crippen LogP contribution in [0.1, 0.15) is 48.0 Å². The summed E-state index contributed by atoms with van der Waals surface area (Å²) < 4.78 is 0. The van der Waals surface area contributed by atoms with Crippen LogP contribution in [-0.4, -0.2) is 11.3 Å². The van der Waals surface area contributed by atoms with E-state index in [0.29, 0.717) is 5.70 Å². The van der Waals surface area contributed by atoms with Crippen LogP contribution in [0.15, 0.2) is 11.8 Å². The third-order valence-corrected chi connectivity index (χ3v) is 2.38. The van der Waals surface area contributed by atoms with Crippen LogP contribution in [0.2, 0.25) is 0 Å². The van der Waals surface area contributed by atoms with Gasteiger partial charge in [0.1, 0.15) is 0 Å². The Kier molecular flexibility index (Phi) is 8.53. The van der Waals surface area contributed by atoms with Crippen molar-refractivity contribution >= 4 is 5.78 Å². The first-order chi connectivity index (χ1) is 7.08. The second kappa shape index (κ2) is 7.48. The van der Waals surface area contributed by atoms with Gasteiger partial charge in [-0.05, 0) is 27.2 Å². The van der Waals surface area contributed by atoms with Crippen molar-refractivity contribution in [3.8, 4) is 0 Å². The van der Waals surface area contributed by atoms with Crippen LogP contribution in [0.5, 0.6) is 0 Å². The van der Waals surface area contributed by atoms with Gasteiger partial charge in [-0.1, -0.05) is 20.8 Å². The molecule has 0 aliphatic carbocycles. The van der Waals surface area contributed by atoms with E-state index in [0.717, 1.165) is 6.42 Å². The van der Waals surface area contributed by atoms with Crippen LogP contribution < -0.4 is 5.32 Å². The zero-order chi connectivity index (χ0) is 13.0. The Morgan fingerprint density at radius 1 is 1.29 bits per heavy atom. The fourth-order valence-corrected chi connectivity index (χ4v) is 0.968. The second-order valence-electron chi connectivity index (χ2n) is 5.69. The van der Waals surface area contributed by atoms with Crippen LogP contribution in [0.3, 0.4) is 0 Å². The van der Waals surface area contributed by atoms with Gasteiger partial charge in [-0.25, -0.2) is 0 Å². The number of hydrogen-bond acceptors (Lipinski definition) is 2. The molecular formula is C14H23NOY-2. The van der Waals surface area contributed by atoms with E-state index in [1.807, 2.05) is 41.5 Å². The summed E-state index contributed by atoms with van der Waals surface area (Å²) in [5.74, 6) is -0.0198. The van der Waals surface area contributed by atoms with Crippen molar-refractivity contribution in [3.05, 3.63) is 24.4 Å². The van der Waals surface area contributed by atoms with E-state index in [-0.39, 0.29) is 49.4 Å². The van der Waals surface area contributed by atoms with E-state index in [2.05, 4.69) is 11.4 Å². The van der Waals surface area contributed by atoms with Gasteiger partial charge in [0.15, 0.2) is 0 Å². The fraction of sp³-hybridized carbons (Fsp3) is 0.643. The summed E-state index contributed by atoms with van der Waals surface area (Å²) in [5, 5.41) is 3.07. The predicted octanol–water partition coefficient (Wildman–Crippen LogP) is 3.05. The van der Waals surface area contributed by atoms with Crippen LogP contribution in [0.25, 0.3) is 0 Å². The van der Waals surface area contributed by atoms with E-state index in [9.17, 15) is 4.79 Å². The number of hydrogen-bond donors (Lipinski definition) is 1. The van der Waals surface area contributed by atoms with Gasteiger partial charge in [0.2, 0.25) is 0 Å². The summed E-state index contributed by atoms with van der Waals surface area (Å²) in [5.41, 5.74) is -0.00265. The van der Waals surface area contributed by atoms with Gasteiger partial charge in [-0.15, -0.1) is 0 Å². The SMILES string of the molecule is [CH-]=C(C=[C-]C(=O)C(C)(C)CC)NC(C)(C)C.[Y]. The number of allylic oxidation sites excluding steroid dienone is 2. The maximum absolute atomic E-state index is 11.7. The summed E-state index contributed by atoms with van der Waals surface area (Å²) in [7, 11) is 0. The molecule has 0 rings (SSSR count). The smallest absolute Gasteiger partial charge is 0.0546 e. The average Bonchev–Trinajstić information content (AvgIpc) is 2.11. The van der Waals surface area contributed by atoms with Gasteiger partial charge in [-0.2, -0.15) is 0 Å². The molecule has 0 aromatic carbocycles. The average molecular weight is 310 g/mol. The molecule has 1 radical (unpaired) electrons. The number of carbonyl (C=O) groups is 1. The Labute approximate surface area is 131 Å². The normalized spacial score (nSPS) is 12.1. The van der Waals surface area contributed by atoms with Gasteiger partial charge >= 0.3 is 0 Å². The van der Waals surface area contributed by atoms with E-state index >= 15 is 0 Å². The number of Topliss-reactive ketones (excluding diaryl/α,β-unsaturated/α-hetero) is 1. The van der Waals surface area contributed by atoms with Crippen molar-refractivity contribution in [3.63, 3.8) is 0 Å². The summed E-state index contributed by atoms with van der Waals surface area (Å²) in [6.07, 6.45) is 5.02. The standard InChI is InChI=1S/C14H23NO.Y/c1-8-14(6,7)12(16)10-9-11(2)15-13(3,4)5;/h2,9,15H,8H2,1,3-7H3;/q-2;. The quantitative estimate of drug-likeness (QED) is 0.480. The molecule has 95 valence electrons. The maximum Gasteiger partial charge on any atom is 0.0546 e. The van der Waals surface area contributed by atoms with Gasteiger partial charge in [0.05, 0.1) is 5.78 Å². The molecule has 0 bridgehead atoms. The van der Waals surface area contributed by atoms with Crippen LogP contribution >= 0.6 is 0 Å². The van der Waals surface area contributed by atoms with E-state index < -0.39 is 0 Å². The number of nitrogens with one attached hydrogen (secondary N) is 1. The zero-order valence-corrected chi connectivity index (χ0v) is 14.7. The van der Waals surface area contributed by atoms with E-state index in [4.69, 9.17) is 6.58 Å². The molecule has 17 heavy (non-hydrogen) atoms. The topological polar surface area (TPSA) is 29.1 Å². The summed E-state index contributed by atoms with van der Waals surface area (Å²) in [6.45, 7) is 17.5.